The first-order valence-electron chi connectivity index (χ1n) is 15.8. The third-order valence-electron chi connectivity index (χ3n) is 7.29. The van der Waals surface area contributed by atoms with E-state index in [-0.39, 0.29) is 17.9 Å². The highest BCUT2D eigenvalue weighted by Crippen LogP contribution is 2.12. The number of rotatable bonds is 25. The highest BCUT2D eigenvalue weighted by atomic mass is 16.2. The summed E-state index contributed by atoms with van der Waals surface area (Å²) in [4.78, 5) is 25.4. The number of hydrogen-bond acceptors (Lipinski definition) is 3. The Morgan fingerprint density at radius 1 is 0.622 bits per heavy atom. The first-order valence-corrected chi connectivity index (χ1v) is 15.8. The van der Waals surface area contributed by atoms with Crippen LogP contribution >= 0.6 is 0 Å². The second kappa shape index (κ2) is 24.6. The number of amides is 2. The molecule has 1 atom stereocenters. The first kappa shape index (κ1) is 33.3. The van der Waals surface area contributed by atoms with Crippen molar-refractivity contribution in [3.8, 4) is 0 Å². The molecule has 2 N–H and O–H groups in total. The number of carbonyl (C=O) groups is 2. The molecule has 0 bridgehead atoms. The van der Waals surface area contributed by atoms with Gasteiger partial charge in [0.05, 0.1) is 6.04 Å². The largest absolute Gasteiger partial charge is 0.306 e. The monoisotopic (exact) mass is 514 g/mol. The van der Waals surface area contributed by atoms with Crippen LogP contribution in [0, 0.1) is 0 Å². The Labute approximate surface area is 229 Å². The first-order chi connectivity index (χ1) is 18.2. The van der Waals surface area contributed by atoms with Crippen molar-refractivity contribution in [2.24, 2.45) is 0 Å². The summed E-state index contributed by atoms with van der Waals surface area (Å²) in [5, 5.41) is 6.11. The standard InChI is InChI=1S/C33H58N2O2/c1-3-5-7-9-11-13-15-17-19-24-28-34-31(29-30-25-21-20-22-26-30)33(37)35-32(36)27-23-18-16-14-12-10-8-6-4-2/h20-22,25-26,31,34H,3-19,23-24,27-29H2,1-2H3,(H,35,36,37)/t31-/m0/s1. The zero-order valence-electron chi connectivity index (χ0n) is 24.3. The molecule has 0 spiro atoms. The molecule has 4 heteroatoms. The van der Waals surface area contributed by atoms with Crippen LogP contribution < -0.4 is 10.6 Å². The smallest absolute Gasteiger partial charge is 0.244 e. The number of hydrogen-bond donors (Lipinski definition) is 2. The molecule has 0 saturated carbocycles. The lowest BCUT2D eigenvalue weighted by Gasteiger charge is -2.18. The second-order valence-corrected chi connectivity index (χ2v) is 10.9. The molecule has 1 aromatic rings. The molecule has 0 aliphatic rings. The Hall–Kier alpha value is -1.68. The van der Waals surface area contributed by atoms with Gasteiger partial charge in [-0.2, -0.15) is 0 Å². The van der Waals surface area contributed by atoms with Crippen LogP contribution in [0.15, 0.2) is 30.3 Å². The Morgan fingerprint density at radius 3 is 1.59 bits per heavy atom. The second-order valence-electron chi connectivity index (χ2n) is 10.9. The normalized spacial score (nSPS) is 11.9. The van der Waals surface area contributed by atoms with Gasteiger partial charge in [-0.15, -0.1) is 0 Å². The molecule has 0 heterocycles. The Morgan fingerprint density at radius 2 is 1.08 bits per heavy atom. The summed E-state index contributed by atoms with van der Waals surface area (Å²) in [7, 11) is 0. The fraction of sp³-hybridized carbons (Fsp3) is 0.758. The van der Waals surface area contributed by atoms with Crippen molar-refractivity contribution in [3.05, 3.63) is 35.9 Å². The van der Waals surface area contributed by atoms with E-state index in [0.717, 1.165) is 31.4 Å². The number of carbonyl (C=O) groups excluding carboxylic acids is 2. The van der Waals surface area contributed by atoms with Crippen LogP contribution in [-0.4, -0.2) is 24.4 Å². The van der Waals surface area contributed by atoms with Gasteiger partial charge < -0.3 is 5.32 Å². The third-order valence-corrected chi connectivity index (χ3v) is 7.29. The van der Waals surface area contributed by atoms with E-state index in [1.807, 2.05) is 30.3 Å². The van der Waals surface area contributed by atoms with E-state index in [1.54, 1.807) is 0 Å². The maximum absolute atomic E-state index is 12.9. The van der Waals surface area contributed by atoms with Crippen LogP contribution in [0.4, 0.5) is 0 Å². The minimum Gasteiger partial charge on any atom is -0.306 e. The maximum Gasteiger partial charge on any atom is 0.244 e. The summed E-state index contributed by atoms with van der Waals surface area (Å²) in [6.45, 7) is 5.32. The topological polar surface area (TPSA) is 58.2 Å². The van der Waals surface area contributed by atoms with Crippen molar-refractivity contribution in [3.63, 3.8) is 0 Å². The SMILES string of the molecule is CCCCCCCCCCCCN[C@@H](Cc1ccccc1)C(=O)NC(=O)CCCCCCCCCCC. The zero-order valence-corrected chi connectivity index (χ0v) is 24.3. The summed E-state index contributed by atoms with van der Waals surface area (Å²) in [5.74, 6) is -0.316. The van der Waals surface area contributed by atoms with Crippen LogP contribution in [0.3, 0.4) is 0 Å². The molecule has 4 nitrogen and oxygen atoms in total. The lowest BCUT2D eigenvalue weighted by Crippen LogP contribution is -2.47. The minimum atomic E-state index is -0.368. The Bertz CT molecular complexity index is 662. The van der Waals surface area contributed by atoms with Crippen molar-refractivity contribution in [2.45, 2.75) is 155 Å². The number of nitrogens with one attached hydrogen (secondary N) is 2. The van der Waals surface area contributed by atoms with E-state index in [4.69, 9.17) is 0 Å². The van der Waals surface area contributed by atoms with E-state index in [2.05, 4.69) is 24.5 Å². The van der Waals surface area contributed by atoms with E-state index < -0.39 is 0 Å². The maximum atomic E-state index is 12.9. The van der Waals surface area contributed by atoms with Gasteiger partial charge in [-0.3, -0.25) is 14.9 Å². The summed E-state index contributed by atoms with van der Waals surface area (Å²) in [6, 6.07) is 9.72. The molecular formula is C33H58N2O2. The quantitative estimate of drug-likeness (QED) is 0.128. The predicted molar refractivity (Wildman–Crippen MR) is 159 cm³/mol. The van der Waals surface area contributed by atoms with Crippen molar-refractivity contribution in [1.82, 2.24) is 10.6 Å². The molecule has 0 saturated heterocycles. The van der Waals surface area contributed by atoms with Gasteiger partial charge in [0.15, 0.2) is 0 Å². The Kier molecular flexibility index (Phi) is 22.2. The van der Waals surface area contributed by atoms with Crippen LogP contribution in [0.5, 0.6) is 0 Å². The third kappa shape index (κ3) is 20.0. The molecule has 0 radical (unpaired) electrons. The summed E-state index contributed by atoms with van der Waals surface area (Å²) in [5.41, 5.74) is 1.12. The summed E-state index contributed by atoms with van der Waals surface area (Å²) < 4.78 is 0. The van der Waals surface area contributed by atoms with E-state index >= 15 is 0 Å². The number of unbranched alkanes of at least 4 members (excludes halogenated alkanes) is 17. The van der Waals surface area contributed by atoms with Gasteiger partial charge in [0.25, 0.3) is 0 Å². The van der Waals surface area contributed by atoms with Crippen molar-refractivity contribution < 1.29 is 9.59 Å². The van der Waals surface area contributed by atoms with Gasteiger partial charge in [0, 0.05) is 6.42 Å². The number of benzene rings is 1. The molecule has 2 amide bonds. The molecule has 0 aromatic heterocycles. The van der Waals surface area contributed by atoms with Crippen molar-refractivity contribution in [1.29, 1.82) is 0 Å². The molecule has 37 heavy (non-hydrogen) atoms. The summed E-state index contributed by atoms with van der Waals surface area (Å²) >= 11 is 0. The molecule has 1 rings (SSSR count). The van der Waals surface area contributed by atoms with E-state index in [0.29, 0.717) is 12.8 Å². The van der Waals surface area contributed by atoms with Gasteiger partial charge in [0.2, 0.25) is 11.8 Å². The zero-order chi connectivity index (χ0) is 26.8. The van der Waals surface area contributed by atoms with E-state index in [1.165, 1.54) is 103 Å². The van der Waals surface area contributed by atoms with Gasteiger partial charge in [0.1, 0.15) is 0 Å². The van der Waals surface area contributed by atoms with Crippen molar-refractivity contribution >= 4 is 11.8 Å². The molecule has 212 valence electrons. The molecule has 0 fully saturated rings. The highest BCUT2D eigenvalue weighted by Gasteiger charge is 2.20. The average Bonchev–Trinajstić information content (AvgIpc) is 2.90. The van der Waals surface area contributed by atoms with E-state index in [9.17, 15) is 9.59 Å². The highest BCUT2D eigenvalue weighted by molar-refractivity contribution is 5.97. The van der Waals surface area contributed by atoms with Gasteiger partial charge in [-0.25, -0.2) is 0 Å². The fourth-order valence-electron chi connectivity index (χ4n) is 4.88. The van der Waals surface area contributed by atoms with Crippen molar-refractivity contribution in [2.75, 3.05) is 6.54 Å². The van der Waals surface area contributed by atoms with Gasteiger partial charge in [-0.1, -0.05) is 153 Å². The number of imide groups is 1. The molecule has 0 aliphatic heterocycles. The van der Waals surface area contributed by atoms with Crippen LogP contribution in [0.2, 0.25) is 0 Å². The average molecular weight is 515 g/mol. The van der Waals surface area contributed by atoms with Gasteiger partial charge in [-0.05, 0) is 31.4 Å². The lowest BCUT2D eigenvalue weighted by molar-refractivity contribution is -0.131. The fourth-order valence-corrected chi connectivity index (χ4v) is 4.88. The molecule has 1 aromatic carbocycles. The minimum absolute atomic E-state index is 0.133. The predicted octanol–water partition coefficient (Wildman–Crippen LogP) is 8.67. The van der Waals surface area contributed by atoms with Crippen LogP contribution in [0.1, 0.15) is 148 Å². The summed E-state index contributed by atoms with van der Waals surface area (Å²) in [6.07, 6.45) is 25.0. The molecule has 0 aliphatic carbocycles. The Balaban J connectivity index is 2.26. The van der Waals surface area contributed by atoms with Gasteiger partial charge >= 0.3 is 0 Å². The molecule has 0 unspecified atom stereocenters. The van der Waals surface area contributed by atoms with Crippen LogP contribution in [0.25, 0.3) is 0 Å². The molecular weight excluding hydrogens is 456 g/mol. The lowest BCUT2D eigenvalue weighted by atomic mass is 10.0. The van der Waals surface area contributed by atoms with Crippen LogP contribution in [-0.2, 0) is 16.0 Å².